The van der Waals surface area contributed by atoms with Crippen LogP contribution >= 0.6 is 0 Å². The largest absolute Gasteiger partial charge is 0.487 e. The summed E-state index contributed by atoms with van der Waals surface area (Å²) < 4.78 is 6.09. The van der Waals surface area contributed by atoms with Gasteiger partial charge in [0.15, 0.2) is 0 Å². The molecule has 1 aliphatic carbocycles. The van der Waals surface area contributed by atoms with Crippen molar-refractivity contribution in [3.8, 4) is 5.75 Å². The highest BCUT2D eigenvalue weighted by Gasteiger charge is 2.57. The Hall–Kier alpha value is -1.55. The molecular formula is C19H26N2O2. The number of rotatable bonds is 3. The Balaban J connectivity index is 1.38. The number of carbonyl (C=O) groups excluding carboxylic acids is 1. The molecule has 1 aromatic rings. The topological polar surface area (TPSA) is 50.4 Å². The molecule has 2 aliphatic heterocycles. The van der Waals surface area contributed by atoms with Crippen LogP contribution in [-0.4, -0.2) is 31.1 Å². The minimum atomic E-state index is 0.0269. The van der Waals surface area contributed by atoms with Crippen LogP contribution in [0.15, 0.2) is 24.3 Å². The first-order valence-electron chi connectivity index (χ1n) is 8.87. The molecule has 0 bridgehead atoms. The summed E-state index contributed by atoms with van der Waals surface area (Å²) >= 11 is 0. The zero-order valence-electron chi connectivity index (χ0n) is 14.0. The lowest BCUT2D eigenvalue weighted by Crippen LogP contribution is -2.45. The van der Waals surface area contributed by atoms with E-state index >= 15 is 0 Å². The van der Waals surface area contributed by atoms with Crippen molar-refractivity contribution in [1.29, 1.82) is 0 Å². The van der Waals surface area contributed by atoms with Crippen molar-refractivity contribution in [3.63, 3.8) is 0 Å². The number of fused-ring (bicyclic) bond motifs is 1. The van der Waals surface area contributed by atoms with E-state index in [0.29, 0.717) is 11.3 Å². The molecule has 0 radical (unpaired) electrons. The van der Waals surface area contributed by atoms with Crippen LogP contribution in [0.4, 0.5) is 0 Å². The first-order chi connectivity index (χ1) is 11.1. The molecule has 4 nitrogen and oxygen atoms in total. The van der Waals surface area contributed by atoms with Crippen LogP contribution in [0.25, 0.3) is 0 Å². The van der Waals surface area contributed by atoms with Crippen LogP contribution in [0.5, 0.6) is 5.75 Å². The fourth-order valence-corrected chi connectivity index (χ4v) is 4.53. The highest BCUT2D eigenvalue weighted by Crippen LogP contribution is 2.58. The third-order valence-corrected chi connectivity index (χ3v) is 6.13. The molecule has 1 saturated heterocycles. The van der Waals surface area contributed by atoms with E-state index in [0.717, 1.165) is 38.1 Å². The molecule has 2 fully saturated rings. The second-order valence-corrected chi connectivity index (χ2v) is 7.58. The molecule has 2 heterocycles. The van der Waals surface area contributed by atoms with Gasteiger partial charge >= 0.3 is 0 Å². The first-order valence-corrected chi connectivity index (χ1v) is 8.87. The van der Waals surface area contributed by atoms with E-state index in [-0.39, 0.29) is 24.0 Å². The van der Waals surface area contributed by atoms with E-state index in [1.54, 1.807) is 0 Å². The Morgan fingerprint density at radius 2 is 2.09 bits per heavy atom. The van der Waals surface area contributed by atoms with Crippen LogP contribution in [-0.2, 0) is 4.79 Å². The van der Waals surface area contributed by atoms with E-state index in [2.05, 4.69) is 36.6 Å². The molecule has 4 atom stereocenters. The maximum absolute atomic E-state index is 12.6. The van der Waals surface area contributed by atoms with Crippen molar-refractivity contribution in [2.45, 2.75) is 51.2 Å². The lowest BCUT2D eigenvalue weighted by Gasteiger charge is -2.26. The van der Waals surface area contributed by atoms with Gasteiger partial charge in [-0.1, -0.05) is 25.1 Å². The molecule has 4 rings (SSSR count). The maximum atomic E-state index is 12.6. The number of piperidine rings is 1. The van der Waals surface area contributed by atoms with Crippen molar-refractivity contribution in [2.75, 3.05) is 13.1 Å². The van der Waals surface area contributed by atoms with E-state index in [1.807, 2.05) is 12.1 Å². The molecule has 3 aliphatic rings. The van der Waals surface area contributed by atoms with Gasteiger partial charge in [0.05, 0.1) is 6.04 Å². The second kappa shape index (κ2) is 5.52. The number of para-hydroxylation sites is 1. The molecule has 124 valence electrons. The smallest absolute Gasteiger partial charge is 0.224 e. The number of ether oxygens (including phenoxy) is 1. The minimum Gasteiger partial charge on any atom is -0.487 e. The predicted molar refractivity (Wildman–Crippen MR) is 89.5 cm³/mol. The molecule has 2 N–H and O–H groups in total. The van der Waals surface area contributed by atoms with Crippen molar-refractivity contribution in [1.82, 2.24) is 10.6 Å². The molecular weight excluding hydrogens is 288 g/mol. The number of hydrogen-bond donors (Lipinski definition) is 2. The van der Waals surface area contributed by atoms with Crippen LogP contribution in [0.1, 0.15) is 44.6 Å². The average Bonchev–Trinajstić information content (AvgIpc) is 3.14. The average molecular weight is 314 g/mol. The summed E-state index contributed by atoms with van der Waals surface area (Å²) in [6.07, 6.45) is 3.37. The Bertz CT molecular complexity index is 609. The Labute approximate surface area is 138 Å². The van der Waals surface area contributed by atoms with Gasteiger partial charge in [-0.3, -0.25) is 4.79 Å². The Kier molecular flexibility index (Phi) is 3.60. The van der Waals surface area contributed by atoms with Gasteiger partial charge in [0.1, 0.15) is 11.9 Å². The van der Waals surface area contributed by atoms with Crippen molar-refractivity contribution < 1.29 is 9.53 Å². The molecule has 0 aromatic heterocycles. The normalized spacial score (nSPS) is 32.0. The highest BCUT2D eigenvalue weighted by molar-refractivity contribution is 5.83. The number of carbonyl (C=O) groups is 1. The summed E-state index contributed by atoms with van der Waals surface area (Å²) in [4.78, 5) is 12.6. The van der Waals surface area contributed by atoms with Gasteiger partial charge in [0.25, 0.3) is 0 Å². The van der Waals surface area contributed by atoms with Crippen molar-refractivity contribution >= 4 is 5.91 Å². The summed E-state index contributed by atoms with van der Waals surface area (Å²) in [5.74, 6) is 1.72. The van der Waals surface area contributed by atoms with Crippen LogP contribution < -0.4 is 15.4 Å². The quantitative estimate of drug-likeness (QED) is 0.901. The fourth-order valence-electron chi connectivity index (χ4n) is 4.53. The third-order valence-electron chi connectivity index (χ3n) is 6.13. The van der Waals surface area contributed by atoms with Gasteiger partial charge in [0, 0.05) is 17.4 Å². The lowest BCUT2D eigenvalue weighted by atomic mass is 9.91. The maximum Gasteiger partial charge on any atom is 0.224 e. The van der Waals surface area contributed by atoms with Gasteiger partial charge in [-0.05, 0) is 50.8 Å². The summed E-state index contributed by atoms with van der Waals surface area (Å²) in [6, 6.07) is 8.23. The molecule has 1 spiro atoms. The third kappa shape index (κ3) is 2.53. The fraction of sp³-hybridized carbons (Fsp3) is 0.632. The van der Waals surface area contributed by atoms with Gasteiger partial charge in [-0.25, -0.2) is 0 Å². The highest BCUT2D eigenvalue weighted by atomic mass is 16.5. The summed E-state index contributed by atoms with van der Waals surface area (Å²) in [5, 5.41) is 6.63. The molecule has 4 unspecified atom stereocenters. The number of hydrogen-bond acceptors (Lipinski definition) is 3. The lowest BCUT2D eigenvalue weighted by molar-refractivity contribution is -0.124. The molecule has 1 saturated carbocycles. The van der Waals surface area contributed by atoms with Crippen LogP contribution in [0.3, 0.4) is 0 Å². The summed E-state index contributed by atoms with van der Waals surface area (Å²) in [5.41, 5.74) is 1.54. The van der Waals surface area contributed by atoms with E-state index in [4.69, 9.17) is 4.74 Å². The van der Waals surface area contributed by atoms with Crippen LogP contribution in [0, 0.1) is 11.3 Å². The first kappa shape index (κ1) is 15.0. The zero-order valence-corrected chi connectivity index (χ0v) is 14.0. The Morgan fingerprint density at radius 3 is 2.83 bits per heavy atom. The van der Waals surface area contributed by atoms with Crippen molar-refractivity contribution in [3.05, 3.63) is 29.8 Å². The molecule has 1 aromatic carbocycles. The standard InChI is InChI=1S/C19H26N2O2/c1-12-14-5-3-4-6-16(14)23-17(12)13(2)21-18(22)15-11-19(15)7-9-20-10-8-19/h3-6,12-13,15,17,20H,7-11H2,1-2H3,(H,21,22). The second-order valence-electron chi connectivity index (χ2n) is 7.58. The van der Waals surface area contributed by atoms with E-state index in [1.165, 1.54) is 5.56 Å². The van der Waals surface area contributed by atoms with E-state index in [9.17, 15) is 4.79 Å². The molecule has 23 heavy (non-hydrogen) atoms. The van der Waals surface area contributed by atoms with E-state index < -0.39 is 0 Å². The van der Waals surface area contributed by atoms with Gasteiger partial charge < -0.3 is 15.4 Å². The summed E-state index contributed by atoms with van der Waals surface area (Å²) in [6.45, 7) is 6.36. The van der Waals surface area contributed by atoms with Crippen LogP contribution in [0.2, 0.25) is 0 Å². The van der Waals surface area contributed by atoms with Gasteiger partial charge in [-0.15, -0.1) is 0 Å². The molecule has 1 amide bonds. The molecule has 4 heteroatoms. The number of amides is 1. The van der Waals surface area contributed by atoms with Crippen molar-refractivity contribution in [2.24, 2.45) is 11.3 Å². The Morgan fingerprint density at radius 1 is 1.35 bits per heavy atom. The predicted octanol–water partition coefficient (Wildman–Crippen LogP) is 2.45. The monoisotopic (exact) mass is 314 g/mol. The van der Waals surface area contributed by atoms with Gasteiger partial charge in [0.2, 0.25) is 5.91 Å². The number of benzene rings is 1. The summed E-state index contributed by atoms with van der Waals surface area (Å²) in [7, 11) is 0. The zero-order chi connectivity index (χ0) is 16.0. The minimum absolute atomic E-state index is 0.0269. The van der Waals surface area contributed by atoms with Gasteiger partial charge in [-0.2, -0.15) is 0 Å². The number of nitrogens with one attached hydrogen (secondary N) is 2. The SMILES string of the molecule is CC(NC(=O)C1CC12CCNCC2)C1Oc2ccccc2C1C.